The first kappa shape index (κ1) is 21.9. The highest BCUT2D eigenvalue weighted by atomic mass is 35.5. The number of amides is 1. The van der Waals surface area contributed by atoms with Crippen LogP contribution < -0.4 is 4.74 Å². The van der Waals surface area contributed by atoms with Gasteiger partial charge < -0.3 is 14.7 Å². The van der Waals surface area contributed by atoms with E-state index in [-0.39, 0.29) is 17.8 Å². The van der Waals surface area contributed by atoms with E-state index in [2.05, 4.69) is 10.00 Å². The summed E-state index contributed by atoms with van der Waals surface area (Å²) in [5, 5.41) is 13.4. The Morgan fingerprint density at radius 3 is 2.69 bits per heavy atom. The summed E-state index contributed by atoms with van der Waals surface area (Å²) < 4.78 is 7.01. The molecule has 1 fully saturated rings. The molecule has 0 saturated carbocycles. The lowest BCUT2D eigenvalue weighted by Crippen LogP contribution is -2.54. The fraction of sp³-hybridized carbons (Fsp3) is 0.261. The normalized spacial score (nSPS) is 16.7. The smallest absolute Gasteiger partial charge is 0.356 e. The topological polar surface area (TPSA) is 87.9 Å². The van der Waals surface area contributed by atoms with Gasteiger partial charge in [-0.3, -0.25) is 4.90 Å². The molecule has 9 heteroatoms. The van der Waals surface area contributed by atoms with Gasteiger partial charge in [0.2, 0.25) is 0 Å². The lowest BCUT2D eigenvalue weighted by atomic mass is 10.1. The molecule has 3 aromatic rings. The van der Waals surface area contributed by atoms with Crippen LogP contribution >= 0.6 is 11.6 Å². The number of hydrogen-bond acceptors (Lipinski definition) is 5. The van der Waals surface area contributed by atoms with Crippen molar-refractivity contribution in [1.29, 1.82) is 0 Å². The highest BCUT2D eigenvalue weighted by Crippen LogP contribution is 2.29. The number of hydrogen-bond donors (Lipinski definition) is 1. The van der Waals surface area contributed by atoms with E-state index >= 15 is 0 Å². The second kappa shape index (κ2) is 9.42. The van der Waals surface area contributed by atoms with Crippen LogP contribution in [0.4, 0.5) is 4.79 Å². The molecule has 1 atom stereocenters. The second-order valence-corrected chi connectivity index (χ2v) is 8.10. The molecule has 8 nitrogen and oxygen atoms in total. The summed E-state index contributed by atoms with van der Waals surface area (Å²) in [6.07, 6.45) is 1.38. The monoisotopic (exact) mass is 454 g/mol. The van der Waals surface area contributed by atoms with E-state index in [4.69, 9.17) is 21.4 Å². The first-order chi connectivity index (χ1) is 15.4. The fourth-order valence-electron chi connectivity index (χ4n) is 3.76. The number of carbonyl (C=O) groups excluding carboxylic acids is 1. The highest BCUT2D eigenvalue weighted by Gasteiger charge is 2.29. The van der Waals surface area contributed by atoms with E-state index in [1.54, 1.807) is 11.0 Å². The number of carboxylic acid groups (broad SMARTS) is 1. The van der Waals surface area contributed by atoms with Gasteiger partial charge >= 0.3 is 12.0 Å². The molecule has 32 heavy (non-hydrogen) atoms. The Balaban J connectivity index is 1.37. The highest BCUT2D eigenvalue weighted by molar-refractivity contribution is 6.32. The largest absolute Gasteiger partial charge is 0.476 e. The third kappa shape index (κ3) is 4.92. The van der Waals surface area contributed by atoms with E-state index in [1.807, 2.05) is 49.4 Å². The molecular formula is C23H23ClN4O4. The number of carbonyl (C=O) groups is 2. The van der Waals surface area contributed by atoms with Crippen molar-refractivity contribution in [3.8, 4) is 11.5 Å². The molecule has 0 spiro atoms. The molecule has 4 rings (SSSR count). The van der Waals surface area contributed by atoms with Gasteiger partial charge in [-0.2, -0.15) is 9.78 Å². The molecule has 1 aliphatic rings. The van der Waals surface area contributed by atoms with Crippen molar-refractivity contribution in [2.24, 2.45) is 0 Å². The summed E-state index contributed by atoms with van der Waals surface area (Å²) in [6.45, 7) is 4.60. The number of aromatic carboxylic acids is 1. The average molecular weight is 455 g/mol. The lowest BCUT2D eigenvalue weighted by Gasteiger charge is -2.39. The fourth-order valence-corrected chi connectivity index (χ4v) is 3.93. The summed E-state index contributed by atoms with van der Waals surface area (Å²) in [5.41, 5.74) is 0.947. The van der Waals surface area contributed by atoms with E-state index in [1.165, 1.54) is 12.3 Å². The van der Waals surface area contributed by atoms with Gasteiger partial charge in [-0.1, -0.05) is 35.9 Å². The predicted molar refractivity (Wildman–Crippen MR) is 119 cm³/mol. The number of carboxylic acids is 1. The van der Waals surface area contributed by atoms with Crippen molar-refractivity contribution < 1.29 is 19.4 Å². The molecule has 0 radical (unpaired) electrons. The third-order valence-electron chi connectivity index (χ3n) is 5.33. The van der Waals surface area contributed by atoms with Gasteiger partial charge in [0.1, 0.15) is 11.5 Å². The van der Waals surface area contributed by atoms with Crippen molar-refractivity contribution >= 4 is 23.6 Å². The van der Waals surface area contributed by atoms with E-state index in [9.17, 15) is 9.59 Å². The van der Waals surface area contributed by atoms with Crippen LogP contribution in [0.2, 0.25) is 5.02 Å². The van der Waals surface area contributed by atoms with Crippen LogP contribution in [0.1, 0.15) is 23.0 Å². The summed E-state index contributed by atoms with van der Waals surface area (Å²) in [5.74, 6) is 0.164. The Bertz CT molecular complexity index is 1130. The van der Waals surface area contributed by atoms with Crippen LogP contribution in [-0.2, 0) is 6.54 Å². The molecule has 166 valence electrons. The van der Waals surface area contributed by atoms with Gasteiger partial charge in [0, 0.05) is 38.4 Å². The summed E-state index contributed by atoms with van der Waals surface area (Å²) in [6, 6.07) is 16.2. The minimum absolute atomic E-state index is 0.0451. The van der Waals surface area contributed by atoms with E-state index in [0.717, 1.165) is 16.8 Å². The number of para-hydroxylation sites is 1. The van der Waals surface area contributed by atoms with Crippen molar-refractivity contribution in [3.63, 3.8) is 0 Å². The van der Waals surface area contributed by atoms with Crippen LogP contribution in [0.5, 0.6) is 11.5 Å². The van der Waals surface area contributed by atoms with Gasteiger partial charge in [-0.05, 0) is 42.8 Å². The van der Waals surface area contributed by atoms with Crippen LogP contribution in [0, 0.1) is 0 Å². The van der Waals surface area contributed by atoms with Crippen molar-refractivity contribution in [1.82, 2.24) is 19.6 Å². The van der Waals surface area contributed by atoms with E-state index < -0.39 is 5.97 Å². The van der Waals surface area contributed by atoms with Crippen molar-refractivity contribution in [3.05, 3.63) is 77.1 Å². The van der Waals surface area contributed by atoms with Crippen LogP contribution in [-0.4, -0.2) is 62.4 Å². The predicted octanol–water partition coefficient (Wildman–Crippen LogP) is 4.20. The van der Waals surface area contributed by atoms with Crippen LogP contribution in [0.3, 0.4) is 0 Å². The molecule has 1 aliphatic heterocycles. The Morgan fingerprint density at radius 2 is 1.97 bits per heavy atom. The van der Waals surface area contributed by atoms with Crippen molar-refractivity contribution in [2.75, 3.05) is 19.6 Å². The van der Waals surface area contributed by atoms with Gasteiger partial charge in [0.05, 0.1) is 5.02 Å². The number of aromatic nitrogens is 2. The zero-order valence-corrected chi connectivity index (χ0v) is 18.3. The van der Waals surface area contributed by atoms with Crippen LogP contribution in [0.15, 0.2) is 60.8 Å². The lowest BCUT2D eigenvalue weighted by molar-refractivity contribution is 0.0689. The molecule has 0 unspecified atom stereocenters. The first-order valence-corrected chi connectivity index (χ1v) is 10.6. The third-order valence-corrected chi connectivity index (χ3v) is 5.64. The zero-order valence-electron chi connectivity index (χ0n) is 17.5. The Labute approximate surface area is 190 Å². The molecule has 1 aromatic heterocycles. The molecule has 1 amide bonds. The standard InChI is InChI=1S/C23H23ClN4O4/c1-16-14-26(11-12-27(16)23(31)28-10-9-20(25-28)22(29)30)15-17-5-4-6-18(13-17)32-21-8-3-2-7-19(21)24/h2-10,13,16H,11-12,14-15H2,1H3,(H,29,30)/t16-/m1/s1. The Kier molecular flexibility index (Phi) is 6.43. The molecule has 2 aromatic carbocycles. The number of ether oxygens (including phenoxy) is 1. The average Bonchev–Trinajstić information content (AvgIpc) is 3.26. The Morgan fingerprint density at radius 1 is 1.16 bits per heavy atom. The number of halogens is 1. The van der Waals surface area contributed by atoms with E-state index in [0.29, 0.717) is 36.2 Å². The molecule has 2 heterocycles. The van der Waals surface area contributed by atoms with Gasteiger partial charge in [-0.25, -0.2) is 9.59 Å². The van der Waals surface area contributed by atoms with Gasteiger partial charge in [0.15, 0.2) is 5.69 Å². The number of benzene rings is 2. The Hall–Kier alpha value is -3.36. The maximum atomic E-state index is 12.7. The number of nitrogens with zero attached hydrogens (tertiary/aromatic N) is 4. The number of piperazine rings is 1. The second-order valence-electron chi connectivity index (χ2n) is 7.69. The maximum absolute atomic E-state index is 12.7. The van der Waals surface area contributed by atoms with Crippen molar-refractivity contribution in [2.45, 2.75) is 19.5 Å². The summed E-state index contributed by atoms with van der Waals surface area (Å²) >= 11 is 6.19. The van der Waals surface area contributed by atoms with Gasteiger partial charge in [-0.15, -0.1) is 0 Å². The maximum Gasteiger partial charge on any atom is 0.356 e. The molecule has 1 N–H and O–H groups in total. The first-order valence-electron chi connectivity index (χ1n) is 10.2. The minimum atomic E-state index is -1.16. The molecular weight excluding hydrogens is 432 g/mol. The molecule has 0 aliphatic carbocycles. The minimum Gasteiger partial charge on any atom is -0.476 e. The molecule has 0 bridgehead atoms. The summed E-state index contributed by atoms with van der Waals surface area (Å²) in [4.78, 5) is 27.7. The SMILES string of the molecule is C[C@@H]1CN(Cc2cccc(Oc3ccccc3Cl)c2)CCN1C(=O)n1ccc(C(=O)O)n1. The van der Waals surface area contributed by atoms with Gasteiger partial charge in [0.25, 0.3) is 0 Å². The quantitative estimate of drug-likeness (QED) is 0.621. The zero-order chi connectivity index (χ0) is 22.7. The van der Waals surface area contributed by atoms with Crippen LogP contribution in [0.25, 0.3) is 0 Å². The molecule has 1 saturated heterocycles. The number of rotatable bonds is 5. The summed E-state index contributed by atoms with van der Waals surface area (Å²) in [7, 11) is 0.